The van der Waals surface area contributed by atoms with E-state index in [1.54, 1.807) is 56.8 Å². The van der Waals surface area contributed by atoms with Gasteiger partial charge in [0.05, 0.1) is 33.1 Å². The summed E-state index contributed by atoms with van der Waals surface area (Å²) in [6.45, 7) is 0. The predicted molar refractivity (Wildman–Crippen MR) is 104 cm³/mol. The molecular weight excluding hydrogens is 354 g/mol. The van der Waals surface area contributed by atoms with Gasteiger partial charge in [-0.1, -0.05) is 6.07 Å². The third kappa shape index (κ3) is 5.18. The lowest BCUT2D eigenvalue weighted by Crippen LogP contribution is -2.24. The molecule has 0 bridgehead atoms. The molecule has 0 aliphatic carbocycles. The fourth-order valence-electron chi connectivity index (χ4n) is 2.10. The first-order valence-electron chi connectivity index (χ1n) is 7.58. The van der Waals surface area contributed by atoms with Crippen LogP contribution in [0, 0.1) is 0 Å². The highest BCUT2D eigenvalue weighted by Gasteiger charge is 2.06. The van der Waals surface area contributed by atoms with Crippen LogP contribution < -0.4 is 20.2 Å². The van der Waals surface area contributed by atoms with Crippen molar-refractivity contribution in [3.05, 3.63) is 53.6 Å². The van der Waals surface area contributed by atoms with Gasteiger partial charge in [-0.3, -0.25) is 5.43 Å². The molecule has 26 heavy (non-hydrogen) atoms. The molecule has 0 atom stereocenters. The molecule has 0 aliphatic rings. The summed E-state index contributed by atoms with van der Waals surface area (Å²) in [6, 6.07) is 12.2. The largest absolute Gasteiger partial charge is 0.493 e. The lowest BCUT2D eigenvalue weighted by atomic mass is 10.2. The van der Waals surface area contributed by atoms with Gasteiger partial charge in [0.25, 0.3) is 0 Å². The van der Waals surface area contributed by atoms with Crippen LogP contribution in [0.15, 0.2) is 47.6 Å². The first-order chi connectivity index (χ1) is 12.6. The van der Waals surface area contributed by atoms with Crippen molar-refractivity contribution in [3.8, 4) is 11.5 Å². The predicted octanol–water partition coefficient (Wildman–Crippen LogP) is 2.81. The number of nitrogens with zero attached hydrogens (tertiary/aromatic N) is 1. The van der Waals surface area contributed by atoms with E-state index in [2.05, 4.69) is 20.6 Å². The number of methoxy groups -OCH3 is 3. The number of rotatable bonds is 6. The van der Waals surface area contributed by atoms with Crippen molar-refractivity contribution in [3.63, 3.8) is 0 Å². The Balaban J connectivity index is 1.96. The fourth-order valence-corrected chi connectivity index (χ4v) is 2.27. The SMILES string of the molecule is COC(=O)c1cccc(NC(=S)N/N=C\c2ccc(OC)c(OC)c2)c1. The standard InChI is InChI=1S/C18H19N3O4S/c1-23-15-8-7-12(9-16(15)24-2)11-19-21-18(26)20-14-6-4-5-13(10-14)17(22)25-3/h4-11H,1-3H3,(H2,20,21,26)/b19-11-. The van der Waals surface area contributed by atoms with Gasteiger partial charge in [-0.15, -0.1) is 0 Å². The van der Waals surface area contributed by atoms with E-state index in [4.69, 9.17) is 21.7 Å². The molecular formula is C18H19N3O4S. The number of carbonyl (C=O) groups excluding carboxylic acids is 1. The van der Waals surface area contributed by atoms with Gasteiger partial charge >= 0.3 is 5.97 Å². The second kappa shape index (κ2) is 9.38. The zero-order chi connectivity index (χ0) is 18.9. The lowest BCUT2D eigenvalue weighted by molar-refractivity contribution is 0.0601. The molecule has 7 nitrogen and oxygen atoms in total. The van der Waals surface area contributed by atoms with Crippen molar-refractivity contribution in [2.75, 3.05) is 26.6 Å². The highest BCUT2D eigenvalue weighted by Crippen LogP contribution is 2.26. The summed E-state index contributed by atoms with van der Waals surface area (Å²) in [5.74, 6) is 0.830. The second-order valence-electron chi connectivity index (χ2n) is 5.01. The van der Waals surface area contributed by atoms with Crippen molar-refractivity contribution in [1.29, 1.82) is 0 Å². The maximum absolute atomic E-state index is 11.5. The highest BCUT2D eigenvalue weighted by molar-refractivity contribution is 7.80. The van der Waals surface area contributed by atoms with Crippen molar-refractivity contribution in [2.45, 2.75) is 0 Å². The number of thiocarbonyl (C=S) groups is 1. The molecule has 0 unspecified atom stereocenters. The topological polar surface area (TPSA) is 81.2 Å². The molecule has 0 heterocycles. The van der Waals surface area contributed by atoms with Gasteiger partial charge in [0.2, 0.25) is 0 Å². The quantitative estimate of drug-likeness (QED) is 0.349. The number of hydrazone groups is 1. The number of benzene rings is 2. The summed E-state index contributed by atoms with van der Waals surface area (Å²) < 4.78 is 15.1. The fraction of sp³-hybridized carbons (Fsp3) is 0.167. The number of nitrogens with one attached hydrogen (secondary N) is 2. The Bertz CT molecular complexity index is 824. The number of ether oxygens (including phenoxy) is 3. The molecule has 0 spiro atoms. The molecule has 2 N–H and O–H groups in total. The number of anilines is 1. The number of hydrogen-bond donors (Lipinski definition) is 2. The van der Waals surface area contributed by atoms with Crippen molar-refractivity contribution in [2.24, 2.45) is 5.10 Å². The first-order valence-corrected chi connectivity index (χ1v) is 7.98. The van der Waals surface area contributed by atoms with Crippen LogP contribution in [0.1, 0.15) is 15.9 Å². The first kappa shape index (κ1) is 19.2. The summed E-state index contributed by atoms with van der Waals surface area (Å²) in [5.41, 5.74) is 4.59. The molecule has 8 heteroatoms. The van der Waals surface area contributed by atoms with Crippen LogP contribution in [0.2, 0.25) is 0 Å². The molecule has 2 rings (SSSR count). The number of hydrogen-bond acceptors (Lipinski definition) is 6. The van der Waals surface area contributed by atoms with Crippen LogP contribution in [0.5, 0.6) is 11.5 Å². The Morgan fingerprint density at radius 2 is 1.85 bits per heavy atom. The van der Waals surface area contributed by atoms with Crippen LogP contribution in [-0.2, 0) is 4.74 Å². The van der Waals surface area contributed by atoms with E-state index in [0.29, 0.717) is 22.7 Å². The molecule has 0 saturated carbocycles. The monoisotopic (exact) mass is 373 g/mol. The van der Waals surface area contributed by atoms with Gasteiger partial charge in [0.15, 0.2) is 16.6 Å². The van der Waals surface area contributed by atoms with Crippen molar-refractivity contribution in [1.82, 2.24) is 5.43 Å². The van der Waals surface area contributed by atoms with Gasteiger partial charge in [-0.05, 0) is 54.2 Å². The van der Waals surface area contributed by atoms with Crippen LogP contribution in [0.4, 0.5) is 5.69 Å². The van der Waals surface area contributed by atoms with E-state index < -0.39 is 5.97 Å². The van der Waals surface area contributed by atoms with Crippen LogP contribution in [0.3, 0.4) is 0 Å². The smallest absolute Gasteiger partial charge is 0.337 e. The number of esters is 1. The Labute approximate surface area is 157 Å². The van der Waals surface area contributed by atoms with Crippen molar-refractivity contribution < 1.29 is 19.0 Å². The molecule has 0 fully saturated rings. The Morgan fingerprint density at radius 3 is 2.54 bits per heavy atom. The second-order valence-corrected chi connectivity index (χ2v) is 5.42. The van der Waals surface area contributed by atoms with Crippen LogP contribution in [0.25, 0.3) is 0 Å². The summed E-state index contributed by atoms with van der Waals surface area (Å²) in [5, 5.41) is 7.30. The Morgan fingerprint density at radius 1 is 1.08 bits per heavy atom. The summed E-state index contributed by atoms with van der Waals surface area (Å²) in [7, 11) is 4.47. The van der Waals surface area contributed by atoms with Gasteiger partial charge in [-0.2, -0.15) is 5.10 Å². The average Bonchev–Trinajstić information content (AvgIpc) is 2.67. The van der Waals surface area contributed by atoms with Crippen LogP contribution >= 0.6 is 12.2 Å². The molecule has 0 radical (unpaired) electrons. The van der Waals surface area contributed by atoms with E-state index in [-0.39, 0.29) is 5.11 Å². The minimum absolute atomic E-state index is 0.281. The average molecular weight is 373 g/mol. The third-order valence-electron chi connectivity index (χ3n) is 3.33. The lowest BCUT2D eigenvalue weighted by Gasteiger charge is -2.09. The maximum Gasteiger partial charge on any atom is 0.337 e. The molecule has 2 aromatic carbocycles. The molecule has 0 saturated heterocycles. The van der Waals surface area contributed by atoms with E-state index in [1.807, 2.05) is 6.07 Å². The van der Waals surface area contributed by atoms with E-state index in [0.717, 1.165) is 5.56 Å². The van der Waals surface area contributed by atoms with Gasteiger partial charge in [-0.25, -0.2) is 4.79 Å². The van der Waals surface area contributed by atoms with Gasteiger partial charge in [0.1, 0.15) is 0 Å². The zero-order valence-corrected chi connectivity index (χ0v) is 15.4. The van der Waals surface area contributed by atoms with E-state index >= 15 is 0 Å². The molecule has 2 aromatic rings. The zero-order valence-electron chi connectivity index (χ0n) is 14.6. The Hall–Kier alpha value is -3.13. The minimum Gasteiger partial charge on any atom is -0.493 e. The van der Waals surface area contributed by atoms with Crippen molar-refractivity contribution >= 4 is 35.2 Å². The van der Waals surface area contributed by atoms with E-state index in [9.17, 15) is 4.79 Å². The van der Waals surface area contributed by atoms with E-state index in [1.165, 1.54) is 7.11 Å². The third-order valence-corrected chi connectivity index (χ3v) is 3.52. The molecule has 136 valence electrons. The van der Waals surface area contributed by atoms with Crippen LogP contribution in [-0.4, -0.2) is 38.6 Å². The van der Waals surface area contributed by atoms with Gasteiger partial charge < -0.3 is 19.5 Å². The maximum atomic E-state index is 11.5. The summed E-state index contributed by atoms with van der Waals surface area (Å²) >= 11 is 5.18. The number of carbonyl (C=O) groups is 1. The minimum atomic E-state index is -0.418. The molecule has 0 amide bonds. The molecule has 0 aromatic heterocycles. The summed E-state index contributed by atoms with van der Waals surface area (Å²) in [6.07, 6.45) is 1.60. The highest BCUT2D eigenvalue weighted by atomic mass is 32.1. The molecule has 0 aliphatic heterocycles. The Kier molecular flexibility index (Phi) is 6.92. The summed E-state index contributed by atoms with van der Waals surface area (Å²) in [4.78, 5) is 11.5. The normalized spacial score (nSPS) is 10.3. The van der Waals surface area contributed by atoms with Gasteiger partial charge in [0, 0.05) is 5.69 Å².